The molecule has 0 aliphatic heterocycles. The highest BCUT2D eigenvalue weighted by molar-refractivity contribution is 7.22. The SMILES string of the molecule is Nc1nc2ccc(C(=O)[O-])cc2s1. The lowest BCUT2D eigenvalue weighted by Crippen LogP contribution is -2.21. The molecular weight excluding hydrogens is 188 g/mol. The van der Waals surface area contributed by atoms with Crippen molar-refractivity contribution in [1.82, 2.24) is 4.98 Å². The van der Waals surface area contributed by atoms with E-state index in [0.717, 1.165) is 4.70 Å². The molecule has 1 heterocycles. The van der Waals surface area contributed by atoms with Crippen molar-refractivity contribution in [1.29, 1.82) is 0 Å². The lowest BCUT2D eigenvalue weighted by Gasteiger charge is -1.99. The summed E-state index contributed by atoms with van der Waals surface area (Å²) in [5, 5.41) is 10.9. The maximum atomic E-state index is 10.5. The number of carbonyl (C=O) groups excluding carboxylic acids is 1. The van der Waals surface area contributed by atoms with Gasteiger partial charge in [0.2, 0.25) is 0 Å². The van der Waals surface area contributed by atoms with E-state index in [2.05, 4.69) is 4.98 Å². The summed E-state index contributed by atoms with van der Waals surface area (Å²) in [5.41, 5.74) is 6.33. The molecule has 0 unspecified atom stereocenters. The molecule has 0 aliphatic carbocycles. The van der Waals surface area contributed by atoms with Crippen molar-refractivity contribution in [2.75, 3.05) is 5.73 Å². The van der Waals surface area contributed by atoms with Crippen LogP contribution in [0.1, 0.15) is 10.4 Å². The first-order valence-corrected chi connectivity index (χ1v) is 4.36. The van der Waals surface area contributed by atoms with Crippen LogP contribution in [-0.4, -0.2) is 11.0 Å². The largest absolute Gasteiger partial charge is 0.545 e. The summed E-state index contributed by atoms with van der Waals surface area (Å²) in [7, 11) is 0. The number of aromatic nitrogens is 1. The summed E-state index contributed by atoms with van der Waals surface area (Å²) in [6, 6.07) is 4.59. The summed E-state index contributed by atoms with van der Waals surface area (Å²) in [6.45, 7) is 0. The van der Waals surface area contributed by atoms with Gasteiger partial charge in [0.05, 0.1) is 16.2 Å². The monoisotopic (exact) mass is 193 g/mol. The molecule has 0 spiro atoms. The van der Waals surface area contributed by atoms with E-state index in [4.69, 9.17) is 5.73 Å². The van der Waals surface area contributed by atoms with Crippen LogP contribution in [0.4, 0.5) is 5.13 Å². The Hall–Kier alpha value is -1.62. The Balaban J connectivity index is 2.67. The van der Waals surface area contributed by atoms with Crippen molar-refractivity contribution in [3.63, 3.8) is 0 Å². The number of hydrogen-bond acceptors (Lipinski definition) is 5. The number of hydrogen-bond donors (Lipinski definition) is 1. The molecule has 0 saturated heterocycles. The van der Waals surface area contributed by atoms with E-state index < -0.39 is 5.97 Å². The molecule has 5 heteroatoms. The van der Waals surface area contributed by atoms with Gasteiger partial charge < -0.3 is 15.6 Å². The standard InChI is InChI=1S/C8H6N2O2S/c9-8-10-5-2-1-4(7(11)12)3-6(5)13-8/h1-3H,(H2,9,10)(H,11,12)/p-1. The second kappa shape index (κ2) is 2.70. The van der Waals surface area contributed by atoms with Crippen molar-refractivity contribution in [3.8, 4) is 0 Å². The number of fused-ring (bicyclic) bond motifs is 1. The molecule has 13 heavy (non-hydrogen) atoms. The van der Waals surface area contributed by atoms with Crippen LogP contribution in [0.3, 0.4) is 0 Å². The zero-order chi connectivity index (χ0) is 9.42. The Morgan fingerprint density at radius 1 is 1.54 bits per heavy atom. The Labute approximate surface area is 77.6 Å². The maximum absolute atomic E-state index is 10.5. The van der Waals surface area contributed by atoms with Crippen LogP contribution in [0.2, 0.25) is 0 Å². The topological polar surface area (TPSA) is 79.0 Å². The van der Waals surface area contributed by atoms with Gasteiger partial charge in [0.25, 0.3) is 0 Å². The molecule has 0 fully saturated rings. The molecule has 2 aromatic rings. The van der Waals surface area contributed by atoms with Crippen molar-refractivity contribution >= 4 is 32.7 Å². The molecule has 0 radical (unpaired) electrons. The van der Waals surface area contributed by atoms with Gasteiger partial charge in [0, 0.05) is 0 Å². The van der Waals surface area contributed by atoms with Gasteiger partial charge in [-0.3, -0.25) is 0 Å². The van der Waals surface area contributed by atoms with E-state index >= 15 is 0 Å². The first-order valence-electron chi connectivity index (χ1n) is 3.54. The molecule has 0 amide bonds. The zero-order valence-corrected chi connectivity index (χ0v) is 7.30. The smallest absolute Gasteiger partial charge is 0.181 e. The van der Waals surface area contributed by atoms with Crippen LogP contribution in [0.25, 0.3) is 10.2 Å². The Morgan fingerprint density at radius 2 is 2.31 bits per heavy atom. The quantitative estimate of drug-likeness (QED) is 0.703. The van der Waals surface area contributed by atoms with E-state index in [1.54, 1.807) is 6.07 Å². The number of benzene rings is 1. The minimum atomic E-state index is -1.19. The average Bonchev–Trinajstić information content (AvgIpc) is 2.42. The van der Waals surface area contributed by atoms with E-state index in [1.165, 1.54) is 23.5 Å². The molecule has 1 aromatic heterocycles. The highest BCUT2D eigenvalue weighted by Crippen LogP contribution is 2.24. The van der Waals surface area contributed by atoms with E-state index in [-0.39, 0.29) is 5.56 Å². The number of carboxylic acid groups (broad SMARTS) is 1. The van der Waals surface area contributed by atoms with Crippen LogP contribution in [0, 0.1) is 0 Å². The second-order valence-corrected chi connectivity index (χ2v) is 3.58. The number of carbonyl (C=O) groups is 1. The number of nitrogens with zero attached hydrogens (tertiary/aromatic N) is 1. The number of thiazole rings is 1. The summed E-state index contributed by atoms with van der Waals surface area (Å²) < 4.78 is 0.763. The van der Waals surface area contributed by atoms with Gasteiger partial charge in [-0.1, -0.05) is 17.4 Å². The lowest BCUT2D eigenvalue weighted by atomic mass is 10.2. The molecule has 66 valence electrons. The highest BCUT2D eigenvalue weighted by atomic mass is 32.1. The number of rotatable bonds is 1. The van der Waals surface area contributed by atoms with Crippen LogP contribution < -0.4 is 10.8 Å². The third-order valence-electron chi connectivity index (χ3n) is 1.64. The second-order valence-electron chi connectivity index (χ2n) is 2.52. The van der Waals surface area contributed by atoms with Crippen molar-refractivity contribution < 1.29 is 9.90 Å². The van der Waals surface area contributed by atoms with Gasteiger partial charge >= 0.3 is 0 Å². The Morgan fingerprint density at radius 3 is 3.00 bits per heavy atom. The summed E-state index contributed by atoms with van der Waals surface area (Å²) >= 11 is 1.26. The normalized spacial score (nSPS) is 10.5. The Bertz CT molecular complexity index is 478. The first kappa shape index (κ1) is 8.00. The molecule has 0 atom stereocenters. The fraction of sp³-hybridized carbons (Fsp3) is 0. The van der Waals surface area contributed by atoms with Crippen molar-refractivity contribution in [3.05, 3.63) is 23.8 Å². The van der Waals surface area contributed by atoms with E-state index in [1.807, 2.05) is 0 Å². The van der Waals surface area contributed by atoms with Gasteiger partial charge in [-0.05, 0) is 17.7 Å². The lowest BCUT2D eigenvalue weighted by molar-refractivity contribution is -0.255. The Kier molecular flexibility index (Phi) is 1.66. The molecule has 2 rings (SSSR count). The highest BCUT2D eigenvalue weighted by Gasteiger charge is 2.01. The summed E-state index contributed by atoms with van der Waals surface area (Å²) in [4.78, 5) is 14.5. The number of carboxylic acids is 1. The van der Waals surface area contributed by atoms with Gasteiger partial charge in [0.1, 0.15) is 0 Å². The summed E-state index contributed by atoms with van der Waals surface area (Å²) in [6.07, 6.45) is 0. The molecule has 0 bridgehead atoms. The number of anilines is 1. The van der Waals surface area contributed by atoms with E-state index in [9.17, 15) is 9.90 Å². The molecule has 1 aromatic carbocycles. The van der Waals surface area contributed by atoms with Crippen LogP contribution in [0.15, 0.2) is 18.2 Å². The molecule has 2 N–H and O–H groups in total. The van der Waals surface area contributed by atoms with Crippen molar-refractivity contribution in [2.24, 2.45) is 0 Å². The van der Waals surface area contributed by atoms with Crippen LogP contribution in [0.5, 0.6) is 0 Å². The molecule has 0 saturated carbocycles. The van der Waals surface area contributed by atoms with Gasteiger partial charge in [-0.15, -0.1) is 0 Å². The number of nitrogens with two attached hydrogens (primary N) is 1. The molecule has 0 aliphatic rings. The third-order valence-corrected chi connectivity index (χ3v) is 2.49. The predicted molar refractivity (Wildman–Crippen MR) is 48.4 cm³/mol. The molecular formula is C8H5N2O2S-. The van der Waals surface area contributed by atoms with E-state index in [0.29, 0.717) is 10.6 Å². The fourth-order valence-electron chi connectivity index (χ4n) is 1.07. The van der Waals surface area contributed by atoms with Crippen LogP contribution in [-0.2, 0) is 0 Å². The number of nitrogen functional groups attached to an aromatic ring is 1. The van der Waals surface area contributed by atoms with Gasteiger partial charge in [0.15, 0.2) is 5.13 Å². The predicted octanol–water partition coefficient (Wildman–Crippen LogP) is 0.242. The zero-order valence-electron chi connectivity index (χ0n) is 6.48. The minimum Gasteiger partial charge on any atom is -0.545 e. The van der Waals surface area contributed by atoms with Gasteiger partial charge in [-0.25, -0.2) is 4.98 Å². The van der Waals surface area contributed by atoms with Crippen LogP contribution >= 0.6 is 11.3 Å². The number of aromatic carboxylic acids is 1. The average molecular weight is 193 g/mol. The minimum absolute atomic E-state index is 0.149. The van der Waals surface area contributed by atoms with Crippen molar-refractivity contribution in [2.45, 2.75) is 0 Å². The fourth-order valence-corrected chi connectivity index (χ4v) is 1.84. The first-order chi connectivity index (χ1) is 6.16. The third kappa shape index (κ3) is 1.33. The van der Waals surface area contributed by atoms with Gasteiger partial charge in [-0.2, -0.15) is 0 Å². The summed E-state index contributed by atoms with van der Waals surface area (Å²) in [5.74, 6) is -1.19. The maximum Gasteiger partial charge on any atom is 0.181 e. The molecule has 4 nitrogen and oxygen atoms in total.